The zero-order valence-electron chi connectivity index (χ0n) is 28.7. The fourth-order valence-electron chi connectivity index (χ4n) is 4.45. The Morgan fingerprint density at radius 1 is 1.09 bits per heavy atom. The molecule has 43 heavy (non-hydrogen) atoms. The van der Waals surface area contributed by atoms with Gasteiger partial charge in [0.1, 0.15) is 11.9 Å². The van der Waals surface area contributed by atoms with Crippen LogP contribution in [-0.4, -0.2) is 59.2 Å². The summed E-state index contributed by atoms with van der Waals surface area (Å²) in [6, 6.07) is 2.18. The molecule has 7 nitrogen and oxygen atoms in total. The van der Waals surface area contributed by atoms with Crippen molar-refractivity contribution in [3.8, 4) is 6.07 Å². The molecule has 1 heterocycles. The number of nitrogens with zero attached hydrogens (tertiary/aromatic N) is 4. The van der Waals surface area contributed by atoms with Crippen molar-refractivity contribution >= 4 is 18.1 Å². The van der Waals surface area contributed by atoms with Crippen molar-refractivity contribution in [2.45, 2.75) is 113 Å². The number of ether oxygens (including phenoxy) is 1. The summed E-state index contributed by atoms with van der Waals surface area (Å²) in [5.41, 5.74) is 4.76. The molecule has 1 rings (SSSR count). The lowest BCUT2D eigenvalue weighted by Crippen LogP contribution is -2.54. The van der Waals surface area contributed by atoms with Gasteiger partial charge in [-0.1, -0.05) is 57.1 Å². The molecule has 0 radical (unpaired) electrons. The smallest absolute Gasteiger partial charge is 0.410 e. The Morgan fingerprint density at radius 2 is 1.74 bits per heavy atom. The van der Waals surface area contributed by atoms with E-state index in [0.717, 1.165) is 54.5 Å². The van der Waals surface area contributed by atoms with Crippen molar-refractivity contribution in [2.24, 2.45) is 4.99 Å². The number of aldehydes is 1. The van der Waals surface area contributed by atoms with Crippen LogP contribution in [0.5, 0.6) is 0 Å². The third-order valence-corrected chi connectivity index (χ3v) is 6.61. The van der Waals surface area contributed by atoms with Crippen LogP contribution in [-0.2, 0) is 9.53 Å². The fraction of sp³-hybridized carbons (Fsp3) is 0.556. The van der Waals surface area contributed by atoms with Crippen LogP contribution in [0, 0.1) is 11.3 Å². The van der Waals surface area contributed by atoms with Gasteiger partial charge in [-0.05, 0) is 86.8 Å². The van der Waals surface area contributed by atoms with Crippen LogP contribution in [0.15, 0.2) is 75.6 Å². The molecule has 0 aromatic carbocycles. The molecule has 1 amide bonds. The number of carbonyl (C=O) groups is 2. The maximum absolute atomic E-state index is 12.5. The van der Waals surface area contributed by atoms with Gasteiger partial charge in [0, 0.05) is 54.4 Å². The third kappa shape index (κ3) is 15.4. The molecular weight excluding hydrogens is 536 g/mol. The van der Waals surface area contributed by atoms with E-state index in [1.165, 1.54) is 5.57 Å². The Balaban J connectivity index is 0.00000106. The van der Waals surface area contributed by atoms with Gasteiger partial charge in [0.15, 0.2) is 0 Å². The summed E-state index contributed by atoms with van der Waals surface area (Å²) < 4.78 is 5.53. The maximum atomic E-state index is 12.5. The van der Waals surface area contributed by atoms with Crippen molar-refractivity contribution in [1.82, 2.24) is 9.80 Å². The molecule has 0 aromatic rings. The molecular formula is C36H56N4O3. The molecule has 0 aromatic heterocycles. The first-order valence-corrected chi connectivity index (χ1v) is 15.5. The average molecular weight is 593 g/mol. The summed E-state index contributed by atoms with van der Waals surface area (Å²) in [6.45, 7) is 23.7. The number of amides is 1. The van der Waals surface area contributed by atoms with Crippen molar-refractivity contribution < 1.29 is 14.3 Å². The first-order valence-electron chi connectivity index (χ1n) is 15.5. The van der Waals surface area contributed by atoms with Crippen LogP contribution >= 0.6 is 0 Å². The normalized spacial score (nSPS) is 17.9. The van der Waals surface area contributed by atoms with Gasteiger partial charge in [-0.2, -0.15) is 5.26 Å². The molecule has 7 heteroatoms. The number of rotatable bonds is 11. The number of hydrogen-bond acceptors (Lipinski definition) is 6. The minimum absolute atomic E-state index is 0.00248. The molecule has 0 spiro atoms. The van der Waals surface area contributed by atoms with E-state index < -0.39 is 5.60 Å². The number of hydrogen-bond donors (Lipinski definition) is 0. The Bertz CT molecular complexity index is 1150. The molecule has 0 bridgehead atoms. The molecule has 0 aliphatic carbocycles. The predicted molar refractivity (Wildman–Crippen MR) is 181 cm³/mol. The van der Waals surface area contributed by atoms with Crippen molar-refractivity contribution in [3.63, 3.8) is 0 Å². The quantitative estimate of drug-likeness (QED) is 0.0786. The molecule has 0 N–H and O–H groups in total. The highest BCUT2D eigenvalue weighted by molar-refractivity contribution is 6.08. The Morgan fingerprint density at radius 3 is 2.23 bits per heavy atom. The Labute approximate surface area is 262 Å². The van der Waals surface area contributed by atoms with E-state index in [1.807, 2.05) is 84.9 Å². The van der Waals surface area contributed by atoms with Crippen molar-refractivity contribution in [2.75, 3.05) is 19.6 Å². The third-order valence-electron chi connectivity index (χ3n) is 6.61. The van der Waals surface area contributed by atoms with Crippen LogP contribution in [0.3, 0.4) is 0 Å². The van der Waals surface area contributed by atoms with Crippen molar-refractivity contribution in [1.29, 1.82) is 5.26 Å². The highest BCUT2D eigenvalue weighted by Gasteiger charge is 2.31. The molecule has 1 aliphatic heterocycles. The lowest BCUT2D eigenvalue weighted by atomic mass is 9.99. The van der Waals surface area contributed by atoms with Gasteiger partial charge in [-0.15, -0.1) is 0 Å². The molecule has 0 saturated carbocycles. The van der Waals surface area contributed by atoms with Crippen LogP contribution < -0.4 is 0 Å². The lowest BCUT2D eigenvalue weighted by molar-refractivity contribution is -0.104. The monoisotopic (exact) mass is 592 g/mol. The van der Waals surface area contributed by atoms with Crippen LogP contribution in [0.1, 0.15) is 102 Å². The van der Waals surface area contributed by atoms with Crippen LogP contribution in [0.25, 0.3) is 0 Å². The van der Waals surface area contributed by atoms with E-state index in [4.69, 9.17) is 10.00 Å². The minimum atomic E-state index is -0.513. The van der Waals surface area contributed by atoms with Gasteiger partial charge in [-0.25, -0.2) is 4.79 Å². The second-order valence-corrected chi connectivity index (χ2v) is 11.6. The number of piperazine rings is 1. The van der Waals surface area contributed by atoms with E-state index in [-0.39, 0.29) is 12.1 Å². The predicted octanol–water partition coefficient (Wildman–Crippen LogP) is 8.88. The Kier molecular flexibility index (Phi) is 19.3. The number of aliphatic imine (C=N–C) groups is 1. The largest absolute Gasteiger partial charge is 0.444 e. The first-order chi connectivity index (χ1) is 20.3. The summed E-state index contributed by atoms with van der Waals surface area (Å²) in [6.07, 6.45) is 18.1. The molecule has 1 fully saturated rings. The highest BCUT2D eigenvalue weighted by Crippen LogP contribution is 2.23. The number of allylic oxidation sites excluding steroid dienone is 11. The molecule has 1 unspecified atom stereocenters. The lowest BCUT2D eigenvalue weighted by Gasteiger charge is -2.42. The van der Waals surface area contributed by atoms with E-state index in [1.54, 1.807) is 11.1 Å². The minimum Gasteiger partial charge on any atom is -0.444 e. The van der Waals surface area contributed by atoms with E-state index in [2.05, 4.69) is 43.7 Å². The zero-order chi connectivity index (χ0) is 33.0. The van der Waals surface area contributed by atoms with E-state index >= 15 is 0 Å². The van der Waals surface area contributed by atoms with E-state index in [9.17, 15) is 9.59 Å². The summed E-state index contributed by atoms with van der Waals surface area (Å²) in [5.74, 6) is 0. The van der Waals surface area contributed by atoms with Crippen LogP contribution in [0.4, 0.5) is 4.79 Å². The zero-order valence-corrected chi connectivity index (χ0v) is 28.7. The van der Waals surface area contributed by atoms with Gasteiger partial charge < -0.3 is 14.5 Å². The van der Waals surface area contributed by atoms with Gasteiger partial charge in [0.05, 0.1) is 11.6 Å². The fourth-order valence-corrected chi connectivity index (χ4v) is 4.45. The standard InChI is InChI=1S/C23H37N3O3.C13H19N/c1-9-11-12-24-18(4)21(20(10-2)16-27)19(5)25-13-14-26(17(3)15-25)22(28)29-23(6,7)8;1-4-6-7-9-13(11-14)10-12(3)8-5-2/h10-12,16-17H,9,13-15H2,1-8H3;6-7,9-10H,4-5,8H2,1-3H3/b12-11+,20-10-,21-19-,24-18+;7-6+,12-10+,13-9+. The van der Waals surface area contributed by atoms with Gasteiger partial charge in [-0.3, -0.25) is 9.79 Å². The summed E-state index contributed by atoms with van der Waals surface area (Å²) in [4.78, 5) is 32.7. The van der Waals surface area contributed by atoms with E-state index in [0.29, 0.717) is 25.2 Å². The maximum Gasteiger partial charge on any atom is 0.410 e. The SMILES string of the molecule is CC/C=C/C=C(C#N)\C=C(/C)CCC.C\C=C(C=O)/C(C(/C)=N/C=C/CC)=C(/C)N1CCN(C(=O)OC(C)(C)C)C(C)C1. The first kappa shape index (κ1) is 39.3. The molecule has 238 valence electrons. The molecule has 1 saturated heterocycles. The summed E-state index contributed by atoms with van der Waals surface area (Å²) in [7, 11) is 0. The summed E-state index contributed by atoms with van der Waals surface area (Å²) >= 11 is 0. The van der Waals surface area contributed by atoms with Crippen LogP contribution in [0.2, 0.25) is 0 Å². The topological polar surface area (TPSA) is 86.0 Å². The number of nitriles is 1. The number of carbonyl (C=O) groups excluding carboxylic acids is 2. The summed E-state index contributed by atoms with van der Waals surface area (Å²) in [5, 5.41) is 8.85. The van der Waals surface area contributed by atoms with Gasteiger partial charge in [0.25, 0.3) is 0 Å². The Hall–Kier alpha value is -3.66. The molecule has 1 aliphatic rings. The van der Waals surface area contributed by atoms with Crippen molar-refractivity contribution in [3.05, 3.63) is 70.6 Å². The second-order valence-electron chi connectivity index (χ2n) is 11.6. The van der Waals surface area contributed by atoms with Gasteiger partial charge in [0.2, 0.25) is 0 Å². The molecule has 1 atom stereocenters. The second kappa shape index (κ2) is 21.1. The average Bonchev–Trinajstić information content (AvgIpc) is 2.94. The van der Waals surface area contributed by atoms with Gasteiger partial charge >= 0.3 is 6.09 Å². The highest BCUT2D eigenvalue weighted by atomic mass is 16.6.